The van der Waals surface area contributed by atoms with Gasteiger partial charge in [-0.05, 0) is 0 Å². The van der Waals surface area contributed by atoms with Crippen molar-refractivity contribution in [3.63, 3.8) is 0 Å². The molecule has 0 fully saturated rings. The fourth-order valence-corrected chi connectivity index (χ4v) is 0.709. The van der Waals surface area contributed by atoms with Crippen LogP contribution in [0.5, 0.6) is 5.88 Å². The highest BCUT2D eigenvalue weighted by molar-refractivity contribution is 5.12. The van der Waals surface area contributed by atoms with E-state index in [9.17, 15) is 0 Å². The number of hydrogen-bond donors (Lipinski definition) is 1. The second-order valence-corrected chi connectivity index (χ2v) is 3.51. The van der Waals surface area contributed by atoms with Crippen molar-refractivity contribution in [2.24, 2.45) is 0 Å². The summed E-state index contributed by atoms with van der Waals surface area (Å²) in [6.07, 6.45) is 2.95. The number of rotatable bonds is 0. The Balaban J connectivity index is 2.99. The molecule has 0 spiro atoms. The Bertz CT molecular complexity index is 235. The molecule has 0 saturated heterocycles. The third-order valence-corrected chi connectivity index (χ3v) is 1.41. The Morgan fingerprint density at radius 1 is 1.18 bits per heavy atom. The van der Waals surface area contributed by atoms with E-state index in [-0.39, 0.29) is 11.3 Å². The van der Waals surface area contributed by atoms with Gasteiger partial charge in [0.25, 0.3) is 0 Å². The van der Waals surface area contributed by atoms with Gasteiger partial charge in [0.2, 0.25) is 5.88 Å². The molecule has 1 heterocycles. The molecule has 1 aromatic heterocycles. The van der Waals surface area contributed by atoms with E-state index in [1.54, 1.807) is 6.20 Å². The molecule has 1 N–H and O–H groups in total. The van der Waals surface area contributed by atoms with Crippen molar-refractivity contribution in [1.29, 1.82) is 0 Å². The SMILES string of the molecule is CC(C)(C)c1cnc(O)cn1. The maximum atomic E-state index is 8.85. The maximum absolute atomic E-state index is 8.85. The van der Waals surface area contributed by atoms with E-state index in [2.05, 4.69) is 9.97 Å². The van der Waals surface area contributed by atoms with Crippen LogP contribution in [0.3, 0.4) is 0 Å². The predicted molar refractivity (Wildman–Crippen MR) is 42.4 cm³/mol. The van der Waals surface area contributed by atoms with Crippen molar-refractivity contribution in [2.75, 3.05) is 0 Å². The summed E-state index contributed by atoms with van der Waals surface area (Å²) in [6, 6.07) is 0. The molecule has 0 aromatic carbocycles. The molecule has 3 nitrogen and oxygen atoms in total. The number of nitrogens with zero attached hydrogens (tertiary/aromatic N) is 2. The van der Waals surface area contributed by atoms with Crippen LogP contribution < -0.4 is 0 Å². The molecule has 60 valence electrons. The van der Waals surface area contributed by atoms with E-state index in [0.717, 1.165) is 5.69 Å². The monoisotopic (exact) mass is 152 g/mol. The summed E-state index contributed by atoms with van der Waals surface area (Å²) in [5, 5.41) is 8.85. The summed E-state index contributed by atoms with van der Waals surface area (Å²) in [5.41, 5.74) is 0.885. The molecule has 1 aromatic rings. The first-order chi connectivity index (χ1) is 5.00. The largest absolute Gasteiger partial charge is 0.492 e. The Labute approximate surface area is 66.1 Å². The van der Waals surface area contributed by atoms with Gasteiger partial charge >= 0.3 is 0 Å². The lowest BCUT2D eigenvalue weighted by Crippen LogP contribution is -2.13. The zero-order valence-electron chi connectivity index (χ0n) is 7.00. The Morgan fingerprint density at radius 2 is 1.82 bits per heavy atom. The van der Waals surface area contributed by atoms with Crippen molar-refractivity contribution in [3.8, 4) is 5.88 Å². The van der Waals surface area contributed by atoms with Gasteiger partial charge in [0.05, 0.1) is 18.1 Å². The van der Waals surface area contributed by atoms with Crippen molar-refractivity contribution in [1.82, 2.24) is 9.97 Å². The quantitative estimate of drug-likeness (QED) is 0.612. The highest BCUT2D eigenvalue weighted by Crippen LogP contribution is 2.19. The van der Waals surface area contributed by atoms with Gasteiger partial charge in [0.1, 0.15) is 0 Å². The summed E-state index contributed by atoms with van der Waals surface area (Å²) in [5.74, 6) is -0.0296. The van der Waals surface area contributed by atoms with Crippen LogP contribution in [0.4, 0.5) is 0 Å². The minimum Gasteiger partial charge on any atom is -0.492 e. The van der Waals surface area contributed by atoms with Crippen molar-refractivity contribution >= 4 is 0 Å². The average molecular weight is 152 g/mol. The third kappa shape index (κ3) is 1.90. The van der Waals surface area contributed by atoms with Gasteiger partial charge < -0.3 is 5.11 Å². The van der Waals surface area contributed by atoms with Crippen LogP contribution >= 0.6 is 0 Å². The van der Waals surface area contributed by atoms with E-state index < -0.39 is 0 Å². The number of hydrogen-bond acceptors (Lipinski definition) is 3. The van der Waals surface area contributed by atoms with E-state index in [1.807, 2.05) is 20.8 Å². The highest BCUT2D eigenvalue weighted by atomic mass is 16.3. The second kappa shape index (κ2) is 2.49. The summed E-state index contributed by atoms with van der Waals surface area (Å²) in [7, 11) is 0. The zero-order chi connectivity index (χ0) is 8.48. The molecule has 0 aliphatic heterocycles. The normalized spacial score (nSPS) is 11.5. The van der Waals surface area contributed by atoms with Crippen LogP contribution in [0.25, 0.3) is 0 Å². The standard InChI is InChI=1S/C8H12N2O/c1-8(2,3)6-4-10-7(11)5-9-6/h4-5H,1-3H3,(H,10,11). The van der Waals surface area contributed by atoms with Crippen LogP contribution in [0.15, 0.2) is 12.4 Å². The van der Waals surface area contributed by atoms with Crippen molar-refractivity contribution in [3.05, 3.63) is 18.1 Å². The van der Waals surface area contributed by atoms with Gasteiger partial charge in [-0.2, -0.15) is 0 Å². The lowest BCUT2D eigenvalue weighted by atomic mass is 9.93. The van der Waals surface area contributed by atoms with E-state index in [1.165, 1.54) is 6.20 Å². The Hall–Kier alpha value is -1.12. The molecule has 0 unspecified atom stereocenters. The molecule has 0 aliphatic rings. The van der Waals surface area contributed by atoms with E-state index >= 15 is 0 Å². The van der Waals surface area contributed by atoms with E-state index in [0.29, 0.717) is 0 Å². The summed E-state index contributed by atoms with van der Waals surface area (Å²) >= 11 is 0. The number of aromatic hydroxyl groups is 1. The smallest absolute Gasteiger partial charge is 0.229 e. The molecular weight excluding hydrogens is 140 g/mol. The van der Waals surface area contributed by atoms with Gasteiger partial charge in [0.15, 0.2) is 0 Å². The zero-order valence-corrected chi connectivity index (χ0v) is 7.00. The fraction of sp³-hybridized carbons (Fsp3) is 0.500. The molecule has 3 heteroatoms. The third-order valence-electron chi connectivity index (χ3n) is 1.41. The number of aromatic nitrogens is 2. The second-order valence-electron chi connectivity index (χ2n) is 3.51. The van der Waals surface area contributed by atoms with Crippen LogP contribution in [0, 0.1) is 0 Å². The minimum absolute atomic E-state index is 0.000694. The molecule has 0 saturated carbocycles. The van der Waals surface area contributed by atoms with Gasteiger partial charge in [-0.15, -0.1) is 0 Å². The Kier molecular flexibility index (Phi) is 1.81. The first-order valence-electron chi connectivity index (χ1n) is 3.51. The van der Waals surface area contributed by atoms with Gasteiger partial charge in [-0.3, -0.25) is 4.98 Å². The van der Waals surface area contributed by atoms with Gasteiger partial charge in [-0.25, -0.2) is 4.98 Å². The van der Waals surface area contributed by atoms with Crippen LogP contribution in [0.1, 0.15) is 26.5 Å². The van der Waals surface area contributed by atoms with Gasteiger partial charge in [0, 0.05) is 5.41 Å². The fourth-order valence-electron chi connectivity index (χ4n) is 0.709. The average Bonchev–Trinajstić information content (AvgIpc) is 1.86. The molecule has 0 atom stereocenters. The first kappa shape index (κ1) is 7.98. The molecule has 0 amide bonds. The summed E-state index contributed by atoms with van der Waals surface area (Å²) in [6.45, 7) is 6.15. The lowest BCUT2D eigenvalue weighted by Gasteiger charge is -2.16. The molecule has 0 bridgehead atoms. The lowest BCUT2D eigenvalue weighted by molar-refractivity contribution is 0.446. The van der Waals surface area contributed by atoms with Crippen molar-refractivity contribution < 1.29 is 5.11 Å². The molecule has 0 radical (unpaired) electrons. The van der Waals surface area contributed by atoms with Crippen LogP contribution in [-0.4, -0.2) is 15.1 Å². The van der Waals surface area contributed by atoms with E-state index in [4.69, 9.17) is 5.11 Å². The molecule has 11 heavy (non-hydrogen) atoms. The first-order valence-corrected chi connectivity index (χ1v) is 3.51. The minimum atomic E-state index is -0.0296. The van der Waals surface area contributed by atoms with Gasteiger partial charge in [-0.1, -0.05) is 20.8 Å². The predicted octanol–water partition coefficient (Wildman–Crippen LogP) is 1.48. The molecular formula is C8H12N2O. The maximum Gasteiger partial charge on any atom is 0.229 e. The summed E-state index contributed by atoms with van der Waals surface area (Å²) < 4.78 is 0. The highest BCUT2D eigenvalue weighted by Gasteiger charge is 2.14. The molecule has 1 rings (SSSR count). The molecule has 0 aliphatic carbocycles. The van der Waals surface area contributed by atoms with Crippen LogP contribution in [0.2, 0.25) is 0 Å². The Morgan fingerprint density at radius 3 is 2.18 bits per heavy atom. The van der Waals surface area contributed by atoms with Crippen LogP contribution in [-0.2, 0) is 5.41 Å². The summed E-state index contributed by atoms with van der Waals surface area (Å²) in [4.78, 5) is 7.78. The topological polar surface area (TPSA) is 46.0 Å². The van der Waals surface area contributed by atoms with Crippen molar-refractivity contribution in [2.45, 2.75) is 26.2 Å².